The Morgan fingerprint density at radius 1 is 0.833 bits per heavy atom. The van der Waals surface area contributed by atoms with Crippen LogP contribution in [0.2, 0.25) is 0 Å². The summed E-state index contributed by atoms with van der Waals surface area (Å²) in [4.78, 5) is 39.1. The van der Waals surface area contributed by atoms with Gasteiger partial charge in [0, 0.05) is 11.3 Å². The molecule has 3 aromatic carbocycles. The molecular formula is C27H24N2O7. The van der Waals surface area contributed by atoms with Crippen LogP contribution in [0.25, 0.3) is 0 Å². The van der Waals surface area contributed by atoms with Crippen LogP contribution in [0.1, 0.15) is 10.4 Å². The first-order valence-corrected chi connectivity index (χ1v) is 11.0. The molecule has 1 N–H and O–H groups in total. The first-order valence-electron chi connectivity index (χ1n) is 11.0. The number of nitrogens with zero attached hydrogens (tertiary/aromatic N) is 1. The lowest BCUT2D eigenvalue weighted by Gasteiger charge is -2.31. The second-order valence-electron chi connectivity index (χ2n) is 7.63. The van der Waals surface area contributed by atoms with Crippen LogP contribution in [0.4, 0.5) is 11.4 Å². The minimum Gasteiger partial charge on any atom is -0.466 e. The van der Waals surface area contributed by atoms with Crippen LogP contribution < -0.4 is 15.0 Å². The molecule has 1 aliphatic rings. The van der Waals surface area contributed by atoms with Gasteiger partial charge >= 0.3 is 11.9 Å². The minimum absolute atomic E-state index is 0.0146. The molecule has 36 heavy (non-hydrogen) atoms. The van der Waals surface area contributed by atoms with Crippen LogP contribution >= 0.6 is 0 Å². The molecule has 0 bridgehead atoms. The van der Waals surface area contributed by atoms with Crippen molar-refractivity contribution < 1.29 is 33.3 Å². The van der Waals surface area contributed by atoms with E-state index in [4.69, 9.17) is 18.9 Å². The van der Waals surface area contributed by atoms with E-state index in [2.05, 4.69) is 5.32 Å². The Bertz CT molecular complexity index is 1290. The monoisotopic (exact) mass is 488 g/mol. The van der Waals surface area contributed by atoms with E-state index in [9.17, 15) is 14.4 Å². The molecule has 184 valence electrons. The normalized spacial score (nSPS) is 13.1. The van der Waals surface area contributed by atoms with Crippen LogP contribution in [0.15, 0.2) is 90.1 Å². The maximum absolute atomic E-state index is 13.0. The van der Waals surface area contributed by atoms with Crippen molar-refractivity contribution >= 4 is 29.2 Å². The molecule has 9 heteroatoms. The van der Waals surface area contributed by atoms with Crippen molar-refractivity contribution in [1.29, 1.82) is 0 Å². The topological polar surface area (TPSA) is 103 Å². The molecule has 1 heterocycles. The highest BCUT2D eigenvalue weighted by molar-refractivity contribution is 6.06. The predicted molar refractivity (Wildman–Crippen MR) is 132 cm³/mol. The first-order chi connectivity index (χ1) is 17.5. The summed E-state index contributed by atoms with van der Waals surface area (Å²) in [5.41, 5.74) is 1.49. The fourth-order valence-electron chi connectivity index (χ4n) is 3.61. The van der Waals surface area contributed by atoms with E-state index in [0.717, 1.165) is 0 Å². The van der Waals surface area contributed by atoms with E-state index in [-0.39, 0.29) is 30.5 Å². The van der Waals surface area contributed by atoms with Gasteiger partial charge in [-0.15, -0.1) is 0 Å². The van der Waals surface area contributed by atoms with E-state index in [1.54, 1.807) is 42.5 Å². The van der Waals surface area contributed by atoms with Crippen molar-refractivity contribution in [2.24, 2.45) is 0 Å². The van der Waals surface area contributed by atoms with Gasteiger partial charge in [-0.25, -0.2) is 9.59 Å². The Hall–Kier alpha value is -4.63. The van der Waals surface area contributed by atoms with Gasteiger partial charge in [-0.3, -0.25) is 4.79 Å². The number of rotatable bonds is 7. The molecule has 0 radical (unpaired) electrons. The Morgan fingerprint density at radius 2 is 1.50 bits per heavy atom. The number of methoxy groups -OCH3 is 2. The van der Waals surface area contributed by atoms with E-state index in [1.807, 2.05) is 36.4 Å². The van der Waals surface area contributed by atoms with E-state index < -0.39 is 11.9 Å². The molecule has 0 fully saturated rings. The van der Waals surface area contributed by atoms with E-state index in [1.165, 1.54) is 19.1 Å². The molecular weight excluding hydrogens is 464 g/mol. The number of anilines is 2. The standard InChI is InChI=1S/C27H24N2O7/c1-33-26(31)21-16-35-17-29(24(21)27(32)34-2)19-14-12-18(13-15-19)25(30)28-22-10-6-7-11-23(22)36-20-8-4-3-5-9-20/h3-15H,16-17H2,1-2H3,(H,28,30). The molecule has 0 aliphatic carbocycles. The molecule has 0 unspecified atom stereocenters. The highest BCUT2D eigenvalue weighted by atomic mass is 16.5. The molecule has 0 saturated carbocycles. The predicted octanol–water partition coefficient (Wildman–Crippen LogP) is 4.13. The maximum atomic E-state index is 13.0. The Balaban J connectivity index is 1.54. The Morgan fingerprint density at radius 3 is 2.19 bits per heavy atom. The quantitative estimate of drug-likeness (QED) is 0.496. The van der Waals surface area contributed by atoms with Gasteiger partial charge in [0.25, 0.3) is 5.91 Å². The minimum atomic E-state index is -0.699. The van der Waals surface area contributed by atoms with Gasteiger partial charge in [0.05, 0.1) is 32.1 Å². The van der Waals surface area contributed by atoms with Crippen LogP contribution in [0, 0.1) is 0 Å². The summed E-state index contributed by atoms with van der Waals surface area (Å²) < 4.78 is 21.0. The lowest BCUT2D eigenvalue weighted by Crippen LogP contribution is -2.38. The average molecular weight is 488 g/mol. The number of hydrogen-bond donors (Lipinski definition) is 1. The fourth-order valence-corrected chi connectivity index (χ4v) is 3.61. The van der Waals surface area contributed by atoms with Gasteiger partial charge in [-0.2, -0.15) is 0 Å². The first kappa shape index (κ1) is 24.5. The summed E-state index contributed by atoms with van der Waals surface area (Å²) >= 11 is 0. The van der Waals surface area contributed by atoms with Gasteiger partial charge in [0.1, 0.15) is 18.2 Å². The van der Waals surface area contributed by atoms with Gasteiger partial charge in [0.15, 0.2) is 5.75 Å². The number of esters is 2. The summed E-state index contributed by atoms with van der Waals surface area (Å²) in [6.45, 7) is -0.0702. The second kappa shape index (κ2) is 11.2. The van der Waals surface area contributed by atoms with Crippen molar-refractivity contribution in [2.75, 3.05) is 37.8 Å². The van der Waals surface area contributed by atoms with Gasteiger partial charge in [0.2, 0.25) is 0 Å². The van der Waals surface area contributed by atoms with Crippen LogP contribution in [0.5, 0.6) is 11.5 Å². The van der Waals surface area contributed by atoms with Crippen LogP contribution in [-0.4, -0.2) is 45.4 Å². The lowest BCUT2D eigenvalue weighted by atomic mass is 10.1. The molecule has 0 atom stereocenters. The molecule has 4 rings (SSSR count). The molecule has 3 aromatic rings. The number of hydrogen-bond acceptors (Lipinski definition) is 8. The summed E-state index contributed by atoms with van der Waals surface area (Å²) in [5.74, 6) is -0.585. The fraction of sp³-hybridized carbons (Fsp3) is 0.148. The van der Waals surface area contributed by atoms with Crippen molar-refractivity contribution in [2.45, 2.75) is 0 Å². The summed E-state index contributed by atoms with van der Waals surface area (Å²) in [6, 6.07) is 22.9. The molecule has 1 amide bonds. The summed E-state index contributed by atoms with van der Waals surface area (Å²) in [6.07, 6.45) is 0. The van der Waals surface area contributed by atoms with E-state index >= 15 is 0 Å². The Kier molecular flexibility index (Phi) is 7.62. The van der Waals surface area contributed by atoms with Gasteiger partial charge in [-0.1, -0.05) is 30.3 Å². The third-order valence-electron chi connectivity index (χ3n) is 5.38. The largest absolute Gasteiger partial charge is 0.466 e. The van der Waals surface area contributed by atoms with Crippen molar-refractivity contribution in [1.82, 2.24) is 0 Å². The maximum Gasteiger partial charge on any atom is 0.355 e. The van der Waals surface area contributed by atoms with Crippen molar-refractivity contribution in [3.63, 3.8) is 0 Å². The van der Waals surface area contributed by atoms with Crippen molar-refractivity contribution in [3.8, 4) is 11.5 Å². The van der Waals surface area contributed by atoms with Crippen LogP contribution in [0.3, 0.4) is 0 Å². The smallest absolute Gasteiger partial charge is 0.355 e. The number of nitrogens with one attached hydrogen (secondary N) is 1. The third-order valence-corrected chi connectivity index (χ3v) is 5.38. The second-order valence-corrected chi connectivity index (χ2v) is 7.63. The summed E-state index contributed by atoms with van der Waals surface area (Å²) in [5, 5.41) is 2.86. The number of ether oxygens (including phenoxy) is 4. The molecule has 0 spiro atoms. The Labute approximate surface area is 207 Å². The lowest BCUT2D eigenvalue weighted by molar-refractivity contribution is -0.140. The number of carbonyl (C=O) groups excluding carboxylic acids is 3. The highest BCUT2D eigenvalue weighted by Crippen LogP contribution is 2.30. The number of amides is 1. The highest BCUT2D eigenvalue weighted by Gasteiger charge is 2.32. The SMILES string of the molecule is COC(=O)C1=C(C(=O)OC)N(c2ccc(C(=O)Nc3ccccc3Oc3ccccc3)cc2)COC1. The molecule has 0 saturated heterocycles. The zero-order valence-electron chi connectivity index (χ0n) is 19.7. The van der Waals surface area contributed by atoms with Crippen LogP contribution in [-0.2, 0) is 23.8 Å². The number of carbonyl (C=O) groups is 3. The average Bonchev–Trinajstić information content (AvgIpc) is 2.93. The molecule has 1 aliphatic heterocycles. The van der Waals surface area contributed by atoms with E-state index in [0.29, 0.717) is 28.4 Å². The molecule has 0 aromatic heterocycles. The summed E-state index contributed by atoms with van der Waals surface area (Å²) in [7, 11) is 2.45. The molecule has 9 nitrogen and oxygen atoms in total. The van der Waals surface area contributed by atoms with Crippen molar-refractivity contribution in [3.05, 3.63) is 95.7 Å². The zero-order valence-corrected chi connectivity index (χ0v) is 19.7. The van der Waals surface area contributed by atoms with Gasteiger partial charge in [-0.05, 0) is 48.5 Å². The number of para-hydroxylation sites is 3. The third kappa shape index (κ3) is 5.37. The number of benzene rings is 3. The van der Waals surface area contributed by atoms with Gasteiger partial charge < -0.3 is 29.2 Å². The zero-order chi connectivity index (χ0) is 25.5.